The average Bonchev–Trinajstić information content (AvgIpc) is 3.51. The Balaban J connectivity index is 1.50. The molecule has 0 spiro atoms. The van der Waals surface area contributed by atoms with Crippen molar-refractivity contribution >= 4 is 45.2 Å². The number of hydrogen-bond acceptors (Lipinski definition) is 7. The minimum atomic E-state index is -0.383. The Labute approximate surface area is 193 Å². The maximum atomic E-state index is 13.1. The van der Waals surface area contributed by atoms with E-state index >= 15 is 0 Å². The summed E-state index contributed by atoms with van der Waals surface area (Å²) in [6.07, 6.45) is 4.46. The second-order valence-electron chi connectivity index (χ2n) is 7.84. The Morgan fingerprint density at radius 3 is 3.00 bits per heavy atom. The highest BCUT2D eigenvalue weighted by molar-refractivity contribution is 7.17. The van der Waals surface area contributed by atoms with Gasteiger partial charge in [0.1, 0.15) is 5.00 Å². The molecule has 164 valence electrons. The zero-order valence-electron chi connectivity index (χ0n) is 17.8. The molecule has 0 aliphatic heterocycles. The lowest BCUT2D eigenvalue weighted by Gasteiger charge is -2.18. The number of rotatable bonds is 5. The molecule has 1 aliphatic carbocycles. The molecule has 1 atom stereocenters. The monoisotopic (exact) mass is 466 g/mol. The van der Waals surface area contributed by atoms with Crippen molar-refractivity contribution in [2.24, 2.45) is 5.92 Å². The molecule has 1 aliphatic rings. The lowest BCUT2D eigenvalue weighted by Crippen LogP contribution is -2.17. The van der Waals surface area contributed by atoms with Gasteiger partial charge in [0.05, 0.1) is 22.7 Å². The first-order valence-corrected chi connectivity index (χ1v) is 12.3. The highest BCUT2D eigenvalue weighted by atomic mass is 32.1. The zero-order valence-corrected chi connectivity index (χ0v) is 19.4. The van der Waals surface area contributed by atoms with E-state index in [1.807, 2.05) is 23.6 Å². The minimum Gasteiger partial charge on any atom is -0.462 e. The maximum Gasteiger partial charge on any atom is 0.341 e. The van der Waals surface area contributed by atoms with Crippen molar-refractivity contribution in [3.8, 4) is 10.6 Å². The van der Waals surface area contributed by atoms with Crippen LogP contribution in [0.4, 0.5) is 5.00 Å². The van der Waals surface area contributed by atoms with Crippen molar-refractivity contribution in [2.45, 2.75) is 33.1 Å². The lowest BCUT2D eigenvalue weighted by atomic mass is 9.88. The molecule has 4 aromatic heterocycles. The van der Waals surface area contributed by atoms with Crippen molar-refractivity contribution < 1.29 is 14.3 Å². The predicted molar refractivity (Wildman–Crippen MR) is 126 cm³/mol. The van der Waals surface area contributed by atoms with E-state index in [1.165, 1.54) is 11.3 Å². The van der Waals surface area contributed by atoms with Gasteiger partial charge in [-0.2, -0.15) is 5.10 Å². The first kappa shape index (κ1) is 20.8. The number of anilines is 1. The molecule has 32 heavy (non-hydrogen) atoms. The first-order valence-electron chi connectivity index (χ1n) is 10.6. The quantitative estimate of drug-likeness (QED) is 0.415. The summed E-state index contributed by atoms with van der Waals surface area (Å²) in [6.45, 7) is 4.28. The topological polar surface area (TPSA) is 85.6 Å². The molecule has 0 saturated heterocycles. The number of nitrogens with one attached hydrogen (secondary N) is 1. The summed E-state index contributed by atoms with van der Waals surface area (Å²) < 4.78 is 6.97. The zero-order chi connectivity index (χ0) is 22.2. The van der Waals surface area contributed by atoms with E-state index in [4.69, 9.17) is 4.74 Å². The van der Waals surface area contributed by atoms with Gasteiger partial charge in [0, 0.05) is 17.1 Å². The number of aromatic nitrogens is 3. The molecule has 0 saturated carbocycles. The van der Waals surface area contributed by atoms with Gasteiger partial charge in [-0.05, 0) is 55.2 Å². The smallest absolute Gasteiger partial charge is 0.341 e. The van der Waals surface area contributed by atoms with Crippen molar-refractivity contribution in [1.82, 2.24) is 14.6 Å². The Hall–Kier alpha value is -3.04. The number of thiophene rings is 2. The van der Waals surface area contributed by atoms with Gasteiger partial charge in [-0.1, -0.05) is 13.0 Å². The van der Waals surface area contributed by atoms with Crippen LogP contribution in [-0.2, 0) is 17.6 Å². The normalized spacial score (nSPS) is 15.5. The van der Waals surface area contributed by atoms with Crippen molar-refractivity contribution in [2.75, 3.05) is 11.9 Å². The molecule has 0 bridgehead atoms. The predicted octanol–water partition coefficient (Wildman–Crippen LogP) is 5.07. The summed E-state index contributed by atoms with van der Waals surface area (Å²) in [6, 6.07) is 7.51. The van der Waals surface area contributed by atoms with Crippen molar-refractivity contribution in [3.63, 3.8) is 0 Å². The van der Waals surface area contributed by atoms with Gasteiger partial charge in [0.15, 0.2) is 11.3 Å². The largest absolute Gasteiger partial charge is 0.462 e. The van der Waals surface area contributed by atoms with Crippen LogP contribution in [0.25, 0.3) is 16.2 Å². The lowest BCUT2D eigenvalue weighted by molar-refractivity contribution is 0.0526. The maximum absolute atomic E-state index is 13.1. The minimum absolute atomic E-state index is 0.246. The molecule has 7 nitrogen and oxygen atoms in total. The SMILES string of the molecule is CCOC(=O)c1c(NC(=O)c2cc3nccc(-c4cccs4)n3n2)sc2c1CC[C@H](C)C2. The third-order valence-corrected chi connectivity index (χ3v) is 7.64. The molecule has 0 radical (unpaired) electrons. The Bertz CT molecular complexity index is 1310. The molecule has 5 rings (SSSR count). The number of carbonyl (C=O) groups excluding carboxylic acids is 2. The van der Waals surface area contributed by atoms with Crippen LogP contribution in [0.5, 0.6) is 0 Å². The number of ether oxygens (including phenoxy) is 1. The Kier molecular flexibility index (Phi) is 5.52. The van der Waals surface area contributed by atoms with Gasteiger partial charge in [0.25, 0.3) is 5.91 Å². The Morgan fingerprint density at radius 2 is 2.22 bits per heavy atom. The van der Waals surface area contributed by atoms with Gasteiger partial charge in [0.2, 0.25) is 0 Å². The van der Waals surface area contributed by atoms with Crippen molar-refractivity contribution in [1.29, 1.82) is 0 Å². The van der Waals surface area contributed by atoms with Crippen LogP contribution in [0.15, 0.2) is 35.8 Å². The van der Waals surface area contributed by atoms with Crippen LogP contribution in [0.1, 0.15) is 51.6 Å². The molecule has 4 aromatic rings. The highest BCUT2D eigenvalue weighted by Crippen LogP contribution is 2.40. The molecule has 0 unspecified atom stereocenters. The number of carbonyl (C=O) groups is 2. The summed E-state index contributed by atoms with van der Waals surface area (Å²) in [5.41, 5.74) is 3.21. The van der Waals surface area contributed by atoms with Crippen LogP contribution in [-0.4, -0.2) is 33.1 Å². The number of fused-ring (bicyclic) bond motifs is 2. The van der Waals surface area contributed by atoms with E-state index in [-0.39, 0.29) is 24.2 Å². The van der Waals surface area contributed by atoms with Gasteiger partial charge in [-0.3, -0.25) is 4.79 Å². The average molecular weight is 467 g/mol. The fourth-order valence-electron chi connectivity index (χ4n) is 4.04. The molecule has 0 aromatic carbocycles. The summed E-state index contributed by atoms with van der Waals surface area (Å²) in [7, 11) is 0. The van der Waals surface area contributed by atoms with Crippen LogP contribution in [0.2, 0.25) is 0 Å². The molecule has 1 amide bonds. The molecule has 1 N–H and O–H groups in total. The van der Waals surface area contributed by atoms with Gasteiger partial charge in [-0.15, -0.1) is 22.7 Å². The fraction of sp³-hybridized carbons (Fsp3) is 0.304. The summed E-state index contributed by atoms with van der Waals surface area (Å²) in [5.74, 6) is -0.198. The second kappa shape index (κ2) is 8.48. The van der Waals surface area contributed by atoms with E-state index < -0.39 is 0 Å². The number of amides is 1. The van der Waals surface area contributed by atoms with Crippen LogP contribution in [0.3, 0.4) is 0 Å². The third-order valence-electron chi connectivity index (χ3n) is 5.58. The van der Waals surface area contributed by atoms with E-state index in [1.54, 1.807) is 35.0 Å². The highest BCUT2D eigenvalue weighted by Gasteiger charge is 2.29. The molecular formula is C23H22N4O3S2. The van der Waals surface area contributed by atoms with Crippen LogP contribution < -0.4 is 5.32 Å². The summed E-state index contributed by atoms with van der Waals surface area (Å²) in [5, 5.41) is 9.97. The summed E-state index contributed by atoms with van der Waals surface area (Å²) in [4.78, 5) is 32.4. The molecule has 9 heteroatoms. The van der Waals surface area contributed by atoms with Gasteiger partial charge < -0.3 is 10.1 Å². The first-order chi connectivity index (χ1) is 15.5. The van der Waals surface area contributed by atoms with E-state index in [0.29, 0.717) is 22.1 Å². The van der Waals surface area contributed by atoms with Crippen LogP contribution in [0, 0.1) is 5.92 Å². The number of esters is 1. The van der Waals surface area contributed by atoms with E-state index in [0.717, 1.165) is 40.3 Å². The fourth-order valence-corrected chi connectivity index (χ4v) is 6.17. The van der Waals surface area contributed by atoms with Gasteiger partial charge >= 0.3 is 5.97 Å². The van der Waals surface area contributed by atoms with E-state index in [2.05, 4.69) is 22.3 Å². The third kappa shape index (κ3) is 3.71. The van der Waals surface area contributed by atoms with Crippen molar-refractivity contribution in [3.05, 3.63) is 57.5 Å². The number of nitrogens with zero attached hydrogens (tertiary/aromatic N) is 3. The Morgan fingerprint density at radius 1 is 1.34 bits per heavy atom. The number of hydrogen-bond donors (Lipinski definition) is 1. The molecular weight excluding hydrogens is 444 g/mol. The molecule has 0 fully saturated rings. The second-order valence-corrected chi connectivity index (χ2v) is 9.89. The van der Waals surface area contributed by atoms with Crippen LogP contribution >= 0.6 is 22.7 Å². The van der Waals surface area contributed by atoms with Gasteiger partial charge in [-0.25, -0.2) is 14.3 Å². The molecule has 4 heterocycles. The standard InChI is InChI=1S/C23H22N4O3S2/c1-3-30-23(29)20-14-7-6-13(2)11-18(14)32-22(20)25-21(28)15-12-19-24-9-8-16(27(19)26-15)17-5-4-10-31-17/h4-5,8-10,12-13H,3,6-7,11H2,1-2H3,(H,25,28)/t13-/m0/s1. The summed E-state index contributed by atoms with van der Waals surface area (Å²) >= 11 is 3.07. The van der Waals surface area contributed by atoms with E-state index in [9.17, 15) is 9.59 Å².